The van der Waals surface area contributed by atoms with Gasteiger partial charge in [0.05, 0.1) is 12.8 Å². The number of carbonyl (C=O) groups excluding carboxylic acids is 2. The zero-order valence-electron chi connectivity index (χ0n) is 11.3. The van der Waals surface area contributed by atoms with Crippen LogP contribution in [-0.2, 0) is 14.3 Å². The van der Waals surface area contributed by atoms with Crippen LogP contribution in [0.3, 0.4) is 0 Å². The Kier molecular flexibility index (Phi) is 4.15. The number of hydrogen-bond donors (Lipinski definition) is 1. The number of benzene rings is 2. The molecule has 0 spiro atoms. The van der Waals surface area contributed by atoms with Gasteiger partial charge >= 0.3 is 5.97 Å². The number of hydrogen-bond acceptors (Lipinski definition) is 3. The Balaban J connectivity index is 2.55. The number of methoxy groups -OCH3 is 1. The van der Waals surface area contributed by atoms with Crippen molar-refractivity contribution in [3.8, 4) is 0 Å². The standard InChI is InChI=1S/C16H15NO3/c1-11(18)17-16-13(9-10-15(19)20-2)8-7-12-5-3-4-6-14(12)16/h3-10H,1-2H3,(H,17,18). The lowest BCUT2D eigenvalue weighted by Gasteiger charge is -2.11. The minimum Gasteiger partial charge on any atom is -0.466 e. The molecule has 20 heavy (non-hydrogen) atoms. The van der Waals surface area contributed by atoms with Crippen LogP contribution in [-0.4, -0.2) is 19.0 Å². The molecule has 1 N–H and O–H groups in total. The first-order valence-corrected chi connectivity index (χ1v) is 6.17. The van der Waals surface area contributed by atoms with Gasteiger partial charge in [-0.15, -0.1) is 0 Å². The van der Waals surface area contributed by atoms with Crippen LogP contribution in [0.15, 0.2) is 42.5 Å². The highest BCUT2D eigenvalue weighted by molar-refractivity contribution is 6.05. The van der Waals surface area contributed by atoms with Crippen molar-refractivity contribution in [3.63, 3.8) is 0 Å². The Morgan fingerprint density at radius 1 is 1.15 bits per heavy atom. The van der Waals surface area contributed by atoms with Crippen LogP contribution in [0, 0.1) is 0 Å². The Labute approximate surface area is 117 Å². The third-order valence-electron chi connectivity index (χ3n) is 2.86. The molecule has 0 saturated carbocycles. The predicted molar refractivity (Wildman–Crippen MR) is 79.3 cm³/mol. The molecule has 2 aromatic carbocycles. The van der Waals surface area contributed by atoms with Gasteiger partial charge in [0.25, 0.3) is 0 Å². The van der Waals surface area contributed by atoms with Gasteiger partial charge in [-0.3, -0.25) is 4.79 Å². The molecule has 0 bridgehead atoms. The summed E-state index contributed by atoms with van der Waals surface area (Å²) >= 11 is 0. The van der Waals surface area contributed by atoms with Crippen LogP contribution in [0.1, 0.15) is 12.5 Å². The molecule has 1 amide bonds. The highest BCUT2D eigenvalue weighted by atomic mass is 16.5. The molecule has 0 atom stereocenters. The minimum atomic E-state index is -0.438. The van der Waals surface area contributed by atoms with Crippen molar-refractivity contribution in [1.82, 2.24) is 0 Å². The molecule has 2 rings (SSSR count). The molecule has 0 radical (unpaired) electrons. The van der Waals surface area contributed by atoms with Crippen molar-refractivity contribution >= 4 is 34.4 Å². The zero-order chi connectivity index (χ0) is 14.5. The van der Waals surface area contributed by atoms with Crippen LogP contribution in [0.5, 0.6) is 0 Å². The molecule has 0 saturated heterocycles. The predicted octanol–water partition coefficient (Wildman–Crippen LogP) is 2.98. The summed E-state index contributed by atoms with van der Waals surface area (Å²) in [6.45, 7) is 1.45. The molecule has 0 heterocycles. The summed E-state index contributed by atoms with van der Waals surface area (Å²) in [5.74, 6) is -0.596. The zero-order valence-corrected chi connectivity index (χ0v) is 11.3. The average Bonchev–Trinajstić information content (AvgIpc) is 2.45. The van der Waals surface area contributed by atoms with Crippen LogP contribution in [0.25, 0.3) is 16.8 Å². The molecular formula is C16H15NO3. The summed E-state index contributed by atoms with van der Waals surface area (Å²) in [5.41, 5.74) is 1.44. The van der Waals surface area contributed by atoms with E-state index in [0.717, 1.165) is 16.3 Å². The maximum absolute atomic E-state index is 11.4. The second kappa shape index (κ2) is 6.02. The first-order chi connectivity index (χ1) is 9.61. The second-order valence-corrected chi connectivity index (χ2v) is 4.29. The van der Waals surface area contributed by atoms with Crippen molar-refractivity contribution in [2.75, 3.05) is 12.4 Å². The molecule has 0 unspecified atom stereocenters. The molecule has 102 valence electrons. The number of nitrogens with one attached hydrogen (secondary N) is 1. The monoisotopic (exact) mass is 269 g/mol. The van der Waals surface area contributed by atoms with Gasteiger partial charge in [-0.1, -0.05) is 36.4 Å². The fourth-order valence-corrected chi connectivity index (χ4v) is 1.97. The lowest BCUT2D eigenvalue weighted by molar-refractivity contribution is -0.134. The van der Waals surface area contributed by atoms with Gasteiger partial charge in [0.1, 0.15) is 0 Å². The Morgan fingerprint density at radius 3 is 2.60 bits per heavy atom. The lowest BCUT2D eigenvalue weighted by atomic mass is 10.0. The van der Waals surface area contributed by atoms with Gasteiger partial charge in [-0.25, -0.2) is 4.79 Å². The highest BCUT2D eigenvalue weighted by Gasteiger charge is 2.07. The summed E-state index contributed by atoms with van der Waals surface area (Å²) in [7, 11) is 1.32. The summed E-state index contributed by atoms with van der Waals surface area (Å²) in [4.78, 5) is 22.6. The summed E-state index contributed by atoms with van der Waals surface area (Å²) in [6, 6.07) is 11.5. The highest BCUT2D eigenvalue weighted by Crippen LogP contribution is 2.28. The summed E-state index contributed by atoms with van der Waals surface area (Å²) < 4.78 is 4.57. The molecule has 0 fully saturated rings. The van der Waals surface area contributed by atoms with E-state index in [2.05, 4.69) is 10.1 Å². The van der Waals surface area contributed by atoms with Crippen molar-refractivity contribution < 1.29 is 14.3 Å². The van der Waals surface area contributed by atoms with E-state index in [1.807, 2.05) is 36.4 Å². The normalized spacial score (nSPS) is 10.7. The fraction of sp³-hybridized carbons (Fsp3) is 0.125. The number of anilines is 1. The Hall–Kier alpha value is -2.62. The first kappa shape index (κ1) is 13.8. The van der Waals surface area contributed by atoms with E-state index in [0.29, 0.717) is 5.69 Å². The number of carbonyl (C=O) groups is 2. The van der Waals surface area contributed by atoms with E-state index in [1.54, 1.807) is 6.08 Å². The SMILES string of the molecule is COC(=O)C=Cc1ccc2ccccc2c1NC(C)=O. The summed E-state index contributed by atoms with van der Waals surface area (Å²) in [5, 5.41) is 4.76. The Bertz CT molecular complexity index is 689. The van der Waals surface area contributed by atoms with Crippen molar-refractivity contribution in [1.29, 1.82) is 0 Å². The number of rotatable bonds is 3. The van der Waals surface area contributed by atoms with Crippen LogP contribution in [0.2, 0.25) is 0 Å². The van der Waals surface area contributed by atoms with E-state index in [-0.39, 0.29) is 5.91 Å². The van der Waals surface area contributed by atoms with Gasteiger partial charge < -0.3 is 10.1 Å². The van der Waals surface area contributed by atoms with Gasteiger partial charge in [-0.05, 0) is 17.0 Å². The Morgan fingerprint density at radius 2 is 1.90 bits per heavy atom. The molecule has 4 heteroatoms. The molecule has 2 aromatic rings. The molecular weight excluding hydrogens is 254 g/mol. The van der Waals surface area contributed by atoms with Crippen molar-refractivity contribution in [3.05, 3.63) is 48.0 Å². The smallest absolute Gasteiger partial charge is 0.330 e. The van der Waals surface area contributed by atoms with E-state index >= 15 is 0 Å². The van der Waals surface area contributed by atoms with Crippen molar-refractivity contribution in [2.45, 2.75) is 6.92 Å². The molecule has 0 aliphatic heterocycles. The molecule has 4 nitrogen and oxygen atoms in total. The van der Waals surface area contributed by atoms with Gasteiger partial charge in [-0.2, -0.15) is 0 Å². The van der Waals surface area contributed by atoms with Crippen LogP contribution in [0.4, 0.5) is 5.69 Å². The number of ether oxygens (including phenoxy) is 1. The number of esters is 1. The topological polar surface area (TPSA) is 55.4 Å². The van der Waals surface area contributed by atoms with E-state index in [4.69, 9.17) is 0 Å². The van der Waals surface area contributed by atoms with Crippen LogP contribution >= 0.6 is 0 Å². The third kappa shape index (κ3) is 3.03. The van der Waals surface area contributed by atoms with Crippen molar-refractivity contribution in [2.24, 2.45) is 0 Å². The van der Waals surface area contributed by atoms with E-state index < -0.39 is 5.97 Å². The molecule has 0 aliphatic rings. The van der Waals surface area contributed by atoms with Gasteiger partial charge in [0, 0.05) is 18.4 Å². The first-order valence-electron chi connectivity index (χ1n) is 6.17. The van der Waals surface area contributed by atoms with E-state index in [1.165, 1.54) is 20.1 Å². The largest absolute Gasteiger partial charge is 0.466 e. The molecule has 0 aliphatic carbocycles. The van der Waals surface area contributed by atoms with Crippen LogP contribution < -0.4 is 5.32 Å². The third-order valence-corrected chi connectivity index (χ3v) is 2.86. The molecule has 0 aromatic heterocycles. The lowest BCUT2D eigenvalue weighted by Crippen LogP contribution is -2.07. The maximum atomic E-state index is 11.4. The number of amides is 1. The number of fused-ring (bicyclic) bond motifs is 1. The second-order valence-electron chi connectivity index (χ2n) is 4.29. The van der Waals surface area contributed by atoms with Gasteiger partial charge in [0.2, 0.25) is 5.91 Å². The van der Waals surface area contributed by atoms with E-state index in [9.17, 15) is 9.59 Å². The van der Waals surface area contributed by atoms with Gasteiger partial charge in [0.15, 0.2) is 0 Å². The minimum absolute atomic E-state index is 0.158. The maximum Gasteiger partial charge on any atom is 0.330 e. The average molecular weight is 269 g/mol. The quantitative estimate of drug-likeness (QED) is 0.688. The summed E-state index contributed by atoms with van der Waals surface area (Å²) in [6.07, 6.45) is 2.96. The fourth-order valence-electron chi connectivity index (χ4n) is 1.97.